The van der Waals surface area contributed by atoms with Gasteiger partial charge in [-0.25, -0.2) is 4.85 Å². The van der Waals surface area contributed by atoms with E-state index in [1.165, 1.54) is 21.5 Å². The highest BCUT2D eigenvalue weighted by Crippen LogP contribution is 2.41. The number of fused-ring (bicyclic) bond motifs is 6. The topological polar surface area (TPSA) is 38.0 Å². The van der Waals surface area contributed by atoms with Crippen molar-refractivity contribution >= 4 is 49.3 Å². The number of aromatic nitrogens is 2. The maximum Gasteiger partial charge on any atom is 0.195 e. The maximum atomic E-state index is 10.2. The second-order valence-corrected chi connectivity index (χ2v) is 12.0. The van der Waals surface area contributed by atoms with Gasteiger partial charge in [0, 0.05) is 27.2 Å². The van der Waals surface area contributed by atoms with Crippen LogP contribution in [-0.4, -0.2) is 9.13 Å². The minimum absolute atomic E-state index is 0.575. The summed E-state index contributed by atoms with van der Waals surface area (Å²) in [6, 6.07) is 56.5. The van der Waals surface area contributed by atoms with E-state index in [9.17, 15) is 5.26 Å². The Bertz CT molecular complexity index is 2710. The molecule has 0 radical (unpaired) electrons. The van der Waals surface area contributed by atoms with Crippen molar-refractivity contribution < 1.29 is 0 Å². The number of nitriles is 1. The molecule has 0 aliphatic carbocycles. The molecule has 9 aromatic rings. The minimum atomic E-state index is 0.575. The van der Waals surface area contributed by atoms with E-state index >= 15 is 0 Å². The average molecular weight is 611 g/mol. The van der Waals surface area contributed by atoms with Gasteiger partial charge in [0.15, 0.2) is 5.69 Å². The molecule has 0 atom stereocenters. The molecule has 0 aliphatic rings. The van der Waals surface area contributed by atoms with Crippen molar-refractivity contribution in [1.29, 1.82) is 5.26 Å². The van der Waals surface area contributed by atoms with Crippen LogP contribution in [-0.2, 0) is 0 Å². The fourth-order valence-electron chi connectivity index (χ4n) is 7.28. The normalized spacial score (nSPS) is 11.3. The summed E-state index contributed by atoms with van der Waals surface area (Å²) >= 11 is 0. The van der Waals surface area contributed by atoms with E-state index in [1.54, 1.807) is 0 Å². The number of hydrogen-bond acceptors (Lipinski definition) is 1. The summed E-state index contributed by atoms with van der Waals surface area (Å²) in [5.74, 6) is 0. The number of benzene rings is 7. The van der Waals surface area contributed by atoms with Crippen LogP contribution in [0.4, 0.5) is 5.69 Å². The molecule has 2 heterocycles. The summed E-state index contributed by atoms with van der Waals surface area (Å²) in [5.41, 5.74) is 11.2. The lowest BCUT2D eigenvalue weighted by molar-refractivity contribution is 1.18. The molecule has 0 saturated heterocycles. The molecule has 7 aromatic carbocycles. The van der Waals surface area contributed by atoms with Crippen molar-refractivity contribution in [1.82, 2.24) is 9.13 Å². The Kier molecular flexibility index (Phi) is 6.22. The van der Waals surface area contributed by atoms with Crippen molar-refractivity contribution in [3.05, 3.63) is 175 Å². The Morgan fingerprint density at radius 1 is 0.479 bits per heavy atom. The van der Waals surface area contributed by atoms with Crippen LogP contribution in [0.15, 0.2) is 158 Å². The lowest BCUT2D eigenvalue weighted by Gasteiger charge is -2.16. The van der Waals surface area contributed by atoms with Crippen LogP contribution in [0.2, 0.25) is 0 Å². The van der Waals surface area contributed by atoms with Gasteiger partial charge >= 0.3 is 0 Å². The number of nitrogens with zero attached hydrogens (tertiary/aromatic N) is 4. The summed E-state index contributed by atoms with van der Waals surface area (Å²) in [6.45, 7) is 8.13. The van der Waals surface area contributed by atoms with Crippen molar-refractivity contribution in [3.8, 4) is 39.7 Å². The predicted molar refractivity (Wildman–Crippen MR) is 197 cm³/mol. The molecule has 0 unspecified atom stereocenters. The first-order valence-corrected chi connectivity index (χ1v) is 15.9. The molecule has 0 aliphatic heterocycles. The molecular weight excluding hydrogens is 585 g/mol. The van der Waals surface area contributed by atoms with Gasteiger partial charge < -0.3 is 9.13 Å². The predicted octanol–water partition coefficient (Wildman–Crippen LogP) is 11.6. The van der Waals surface area contributed by atoms with E-state index in [1.807, 2.05) is 30.3 Å². The molecule has 0 fully saturated rings. The van der Waals surface area contributed by atoms with Crippen LogP contribution >= 0.6 is 0 Å². The summed E-state index contributed by atoms with van der Waals surface area (Å²) in [6.07, 6.45) is 0. The molecule has 48 heavy (non-hydrogen) atoms. The molecule has 4 nitrogen and oxygen atoms in total. The van der Waals surface area contributed by atoms with Gasteiger partial charge in [-0.05, 0) is 70.8 Å². The third kappa shape index (κ3) is 4.14. The Morgan fingerprint density at radius 3 is 1.56 bits per heavy atom. The summed E-state index contributed by atoms with van der Waals surface area (Å²) < 4.78 is 4.54. The van der Waals surface area contributed by atoms with Crippen molar-refractivity contribution in [3.63, 3.8) is 0 Å². The molecule has 0 saturated carbocycles. The molecule has 222 valence electrons. The second-order valence-electron chi connectivity index (χ2n) is 12.0. The zero-order chi connectivity index (χ0) is 32.2. The van der Waals surface area contributed by atoms with Crippen LogP contribution in [0.1, 0.15) is 5.56 Å². The first kappa shape index (κ1) is 27.4. The van der Waals surface area contributed by atoms with Gasteiger partial charge in [0.1, 0.15) is 0 Å². The second kappa shape index (κ2) is 10.9. The number of hydrogen-bond donors (Lipinski definition) is 0. The molecule has 2 aromatic heterocycles. The molecule has 0 bridgehead atoms. The minimum Gasteiger partial charge on any atom is -0.309 e. The van der Waals surface area contributed by atoms with Gasteiger partial charge in [-0.1, -0.05) is 109 Å². The largest absolute Gasteiger partial charge is 0.309 e. The third-order valence-electron chi connectivity index (χ3n) is 9.35. The Labute approximate surface area is 277 Å². The van der Waals surface area contributed by atoms with E-state index in [-0.39, 0.29) is 0 Å². The Balaban J connectivity index is 1.27. The smallest absolute Gasteiger partial charge is 0.195 e. The molecule has 0 amide bonds. The lowest BCUT2D eigenvalue weighted by Crippen LogP contribution is -1.98. The molecular formula is C44H26N4. The first-order valence-electron chi connectivity index (χ1n) is 15.9. The average Bonchev–Trinajstić information content (AvgIpc) is 3.67. The van der Waals surface area contributed by atoms with Gasteiger partial charge in [0.2, 0.25) is 0 Å². The number of rotatable bonds is 4. The summed E-state index contributed by atoms with van der Waals surface area (Å²) in [7, 11) is 0. The van der Waals surface area contributed by atoms with Gasteiger partial charge in [0.05, 0.1) is 46.0 Å². The van der Waals surface area contributed by atoms with Crippen LogP contribution in [0.3, 0.4) is 0 Å². The van der Waals surface area contributed by atoms with Crippen LogP contribution in [0, 0.1) is 17.9 Å². The lowest BCUT2D eigenvalue weighted by atomic mass is 9.95. The quantitative estimate of drug-likeness (QED) is 0.183. The fourth-order valence-corrected chi connectivity index (χ4v) is 7.28. The van der Waals surface area contributed by atoms with E-state index in [4.69, 9.17) is 6.57 Å². The number of para-hydroxylation sites is 5. The van der Waals surface area contributed by atoms with Gasteiger partial charge in [-0.2, -0.15) is 5.26 Å². The molecule has 9 rings (SSSR count). The zero-order valence-corrected chi connectivity index (χ0v) is 25.8. The maximum absolute atomic E-state index is 10.2. The SMILES string of the molecule is [C-]#[N+]c1ccc(-c2cc(C#N)cc(-n3c4ccccc4c4ccccc43)c2)cc1-c1ccccc1-n1c2ccccc2c2ccccc21. The van der Waals surface area contributed by atoms with Gasteiger partial charge in [-0.3, -0.25) is 0 Å². The van der Waals surface area contributed by atoms with Crippen molar-refractivity contribution in [2.24, 2.45) is 0 Å². The summed E-state index contributed by atoms with van der Waals surface area (Å²) in [5, 5.41) is 14.9. The highest BCUT2D eigenvalue weighted by atomic mass is 15.0. The van der Waals surface area contributed by atoms with Crippen molar-refractivity contribution in [2.75, 3.05) is 0 Å². The highest BCUT2D eigenvalue weighted by Gasteiger charge is 2.18. The van der Waals surface area contributed by atoms with E-state index in [0.717, 1.165) is 55.7 Å². The van der Waals surface area contributed by atoms with E-state index in [0.29, 0.717) is 11.3 Å². The Morgan fingerprint density at radius 2 is 1.00 bits per heavy atom. The third-order valence-corrected chi connectivity index (χ3v) is 9.35. The van der Waals surface area contributed by atoms with Gasteiger partial charge in [-0.15, -0.1) is 0 Å². The van der Waals surface area contributed by atoms with E-state index in [2.05, 4.69) is 147 Å². The molecule has 4 heteroatoms. The first-order chi connectivity index (χ1) is 23.7. The Hall–Kier alpha value is -6.88. The van der Waals surface area contributed by atoms with Crippen LogP contribution < -0.4 is 0 Å². The molecule has 0 spiro atoms. The fraction of sp³-hybridized carbons (Fsp3) is 0. The van der Waals surface area contributed by atoms with E-state index < -0.39 is 0 Å². The van der Waals surface area contributed by atoms with Crippen LogP contribution in [0.25, 0.3) is 82.1 Å². The summed E-state index contributed by atoms with van der Waals surface area (Å²) in [4.78, 5) is 3.97. The molecule has 0 N–H and O–H groups in total. The highest BCUT2D eigenvalue weighted by molar-refractivity contribution is 6.10. The monoisotopic (exact) mass is 610 g/mol. The van der Waals surface area contributed by atoms with Crippen LogP contribution in [0.5, 0.6) is 0 Å². The van der Waals surface area contributed by atoms with Gasteiger partial charge in [0.25, 0.3) is 0 Å². The standard InChI is InChI=1S/C44H26N4/c1-46-39-23-22-30(31-24-29(28-45)25-32(26-31)47-40-17-7-2-12-33(40)34-13-3-8-18-41(34)47)27-38(39)37-16-6-11-21-44(37)48-42-19-9-4-14-35(42)36-15-5-10-20-43(36)48/h2-27H. The zero-order valence-electron chi connectivity index (χ0n) is 25.8. The van der Waals surface area contributed by atoms with Crippen molar-refractivity contribution in [2.45, 2.75) is 0 Å².